The maximum Gasteiger partial charge on any atom is 0.410 e. The molecule has 0 aliphatic carbocycles. The van der Waals surface area contributed by atoms with Crippen molar-refractivity contribution in [2.24, 2.45) is 11.8 Å². The summed E-state index contributed by atoms with van der Waals surface area (Å²) in [5.74, 6) is 0.937. The number of piperidine rings is 1. The molecule has 6 nitrogen and oxygen atoms in total. The summed E-state index contributed by atoms with van der Waals surface area (Å²) >= 11 is 0. The summed E-state index contributed by atoms with van der Waals surface area (Å²) in [5.41, 5.74) is 11.7. The van der Waals surface area contributed by atoms with Gasteiger partial charge in [0.2, 0.25) is 0 Å². The molecule has 2 aliphatic heterocycles. The molecule has 41 heavy (non-hydrogen) atoms. The molecule has 2 aromatic carbocycles. The van der Waals surface area contributed by atoms with Gasteiger partial charge in [0.15, 0.2) is 0 Å². The zero-order valence-electron chi connectivity index (χ0n) is 25.0. The first-order chi connectivity index (χ1) is 19.9. The summed E-state index contributed by atoms with van der Waals surface area (Å²) in [7, 11) is 0. The molecule has 0 spiro atoms. The number of para-hydroxylation sites is 1. The summed E-state index contributed by atoms with van der Waals surface area (Å²) in [6, 6.07) is 18.2. The average Bonchev–Trinajstić information content (AvgIpc) is 3.41. The smallest absolute Gasteiger partial charge is 0.410 e. The quantitative estimate of drug-likeness (QED) is 0.240. The Hall–Kier alpha value is -3.35. The second-order valence-corrected chi connectivity index (χ2v) is 11.4. The molecule has 2 fully saturated rings. The van der Waals surface area contributed by atoms with E-state index in [0.717, 1.165) is 80.9 Å². The number of nitrogen functional groups attached to an aromatic ring is 1. The van der Waals surface area contributed by atoms with Crippen molar-refractivity contribution >= 4 is 17.4 Å². The lowest BCUT2D eigenvalue weighted by Gasteiger charge is -2.39. The van der Waals surface area contributed by atoms with Gasteiger partial charge in [-0.1, -0.05) is 79.4 Å². The Kier molecular flexibility index (Phi) is 11.2. The number of hydrogen-bond acceptors (Lipinski definition) is 5. The highest BCUT2D eigenvalue weighted by Gasteiger charge is 2.36. The fourth-order valence-corrected chi connectivity index (χ4v) is 6.49. The Balaban J connectivity index is 1.28. The third kappa shape index (κ3) is 8.11. The maximum atomic E-state index is 12.9. The van der Waals surface area contributed by atoms with Crippen LogP contribution in [0.5, 0.6) is 0 Å². The third-order valence-electron chi connectivity index (χ3n) is 8.88. The number of rotatable bonds is 12. The van der Waals surface area contributed by atoms with E-state index < -0.39 is 0 Å². The van der Waals surface area contributed by atoms with E-state index in [4.69, 9.17) is 10.5 Å². The van der Waals surface area contributed by atoms with Crippen molar-refractivity contribution in [1.29, 1.82) is 0 Å². The van der Waals surface area contributed by atoms with Gasteiger partial charge in [-0.05, 0) is 56.2 Å². The SMILES string of the molecule is C=CC(=C)[C@H]1CN(CC/C(=C/C)c2ccccc2N)C[C@@H]1CN1CCC(N(CC)C(=O)OCc2ccccc2)CC1. The lowest BCUT2D eigenvalue weighted by atomic mass is 9.88. The van der Waals surface area contributed by atoms with Crippen LogP contribution in [0.25, 0.3) is 5.57 Å². The van der Waals surface area contributed by atoms with Crippen molar-refractivity contribution < 1.29 is 9.53 Å². The predicted octanol–water partition coefficient (Wildman–Crippen LogP) is 6.48. The Morgan fingerprint density at radius 1 is 1.07 bits per heavy atom. The van der Waals surface area contributed by atoms with E-state index in [1.807, 2.05) is 60.4 Å². The van der Waals surface area contributed by atoms with Crippen molar-refractivity contribution in [1.82, 2.24) is 14.7 Å². The molecule has 6 heteroatoms. The van der Waals surface area contributed by atoms with Crippen molar-refractivity contribution in [3.63, 3.8) is 0 Å². The van der Waals surface area contributed by atoms with Gasteiger partial charge in [0.25, 0.3) is 0 Å². The lowest BCUT2D eigenvalue weighted by Crippen LogP contribution is -2.48. The zero-order chi connectivity index (χ0) is 29.2. The highest BCUT2D eigenvalue weighted by Crippen LogP contribution is 2.33. The number of hydrogen-bond donors (Lipinski definition) is 1. The Morgan fingerprint density at radius 2 is 1.78 bits per heavy atom. The minimum absolute atomic E-state index is 0.207. The molecule has 1 amide bonds. The molecule has 4 rings (SSSR count). The molecule has 2 saturated heterocycles. The van der Waals surface area contributed by atoms with Crippen LogP contribution in [-0.4, -0.2) is 72.6 Å². The number of nitrogens with two attached hydrogens (primary N) is 1. The van der Waals surface area contributed by atoms with Crippen LogP contribution < -0.4 is 5.73 Å². The summed E-state index contributed by atoms with van der Waals surface area (Å²) in [5, 5.41) is 0. The van der Waals surface area contributed by atoms with Gasteiger partial charge in [-0.15, -0.1) is 0 Å². The number of carbonyl (C=O) groups excluding carboxylic acids is 1. The minimum Gasteiger partial charge on any atom is -0.445 e. The van der Waals surface area contributed by atoms with Crippen molar-refractivity contribution in [2.75, 3.05) is 51.5 Å². The van der Waals surface area contributed by atoms with Crippen LogP contribution in [0.2, 0.25) is 0 Å². The largest absolute Gasteiger partial charge is 0.445 e. The molecular weight excluding hydrogens is 508 g/mol. The second kappa shape index (κ2) is 15.0. The topological polar surface area (TPSA) is 62.0 Å². The van der Waals surface area contributed by atoms with E-state index in [-0.39, 0.29) is 12.1 Å². The molecule has 2 atom stereocenters. The standard InChI is InChI=1S/C35H48N4O2/c1-5-27(4)33-25-38(20-17-29(6-2)32-15-11-12-16-34(32)36)24-30(33)23-37-21-18-31(19-22-37)39(7-3)35(40)41-26-28-13-9-8-10-14-28/h5-6,8-16,30-31,33H,1,4,7,17-26,36H2,2-3H3/b29-6-/t30-,33+/m0/s1. The van der Waals surface area contributed by atoms with E-state index in [9.17, 15) is 4.79 Å². The molecule has 0 unspecified atom stereocenters. The monoisotopic (exact) mass is 556 g/mol. The highest BCUT2D eigenvalue weighted by atomic mass is 16.6. The number of benzene rings is 2. The molecular formula is C35H48N4O2. The van der Waals surface area contributed by atoms with Crippen molar-refractivity contribution in [3.05, 3.63) is 96.6 Å². The number of allylic oxidation sites excluding steroid dienone is 2. The summed E-state index contributed by atoms with van der Waals surface area (Å²) in [6.45, 7) is 19.6. The Labute approximate surface area is 247 Å². The number of amides is 1. The predicted molar refractivity (Wildman–Crippen MR) is 170 cm³/mol. The van der Waals surface area contributed by atoms with Crippen LogP contribution in [0.3, 0.4) is 0 Å². The van der Waals surface area contributed by atoms with Crippen LogP contribution >= 0.6 is 0 Å². The first-order valence-corrected chi connectivity index (χ1v) is 15.2. The van der Waals surface area contributed by atoms with E-state index in [2.05, 4.69) is 48.1 Å². The van der Waals surface area contributed by atoms with Crippen LogP contribution in [0.4, 0.5) is 10.5 Å². The van der Waals surface area contributed by atoms with Gasteiger partial charge in [-0.25, -0.2) is 4.79 Å². The molecule has 0 saturated carbocycles. The maximum absolute atomic E-state index is 12.9. The van der Waals surface area contributed by atoms with E-state index in [1.165, 1.54) is 5.57 Å². The highest BCUT2D eigenvalue weighted by molar-refractivity contribution is 5.74. The van der Waals surface area contributed by atoms with Gasteiger partial charge < -0.3 is 25.2 Å². The van der Waals surface area contributed by atoms with Crippen LogP contribution in [0.15, 0.2) is 85.5 Å². The number of likely N-dealkylation sites (tertiary alicyclic amines) is 2. The van der Waals surface area contributed by atoms with Gasteiger partial charge in [-0.2, -0.15) is 0 Å². The third-order valence-corrected chi connectivity index (χ3v) is 8.88. The zero-order valence-corrected chi connectivity index (χ0v) is 25.0. The van der Waals surface area contributed by atoms with Crippen LogP contribution in [0.1, 0.15) is 44.2 Å². The molecule has 0 aromatic heterocycles. The average molecular weight is 557 g/mol. The minimum atomic E-state index is -0.207. The Bertz CT molecular complexity index is 1190. The molecule has 0 bridgehead atoms. The molecule has 2 heterocycles. The number of ether oxygens (including phenoxy) is 1. The molecule has 2 N–H and O–H groups in total. The lowest BCUT2D eigenvalue weighted by molar-refractivity contribution is 0.0600. The first-order valence-electron chi connectivity index (χ1n) is 15.2. The number of carbonyl (C=O) groups is 1. The van der Waals surface area contributed by atoms with Gasteiger partial charge in [0.05, 0.1) is 0 Å². The van der Waals surface area contributed by atoms with Gasteiger partial charge in [0.1, 0.15) is 6.61 Å². The van der Waals surface area contributed by atoms with E-state index in [1.54, 1.807) is 0 Å². The second-order valence-electron chi connectivity index (χ2n) is 11.4. The van der Waals surface area contributed by atoms with Crippen molar-refractivity contribution in [2.45, 2.75) is 45.8 Å². The fourth-order valence-electron chi connectivity index (χ4n) is 6.49. The van der Waals surface area contributed by atoms with Crippen molar-refractivity contribution in [3.8, 4) is 0 Å². The summed E-state index contributed by atoms with van der Waals surface area (Å²) in [6.07, 6.45) is 6.85. The van der Waals surface area contributed by atoms with Gasteiger partial charge in [0, 0.05) is 69.0 Å². The number of nitrogens with zero attached hydrogens (tertiary/aromatic N) is 3. The van der Waals surface area contributed by atoms with E-state index in [0.29, 0.717) is 25.0 Å². The van der Waals surface area contributed by atoms with Crippen LogP contribution in [0, 0.1) is 11.8 Å². The Morgan fingerprint density at radius 3 is 2.44 bits per heavy atom. The molecule has 2 aliphatic rings. The molecule has 0 radical (unpaired) electrons. The van der Waals surface area contributed by atoms with Crippen LogP contribution in [-0.2, 0) is 11.3 Å². The normalized spacial score (nSPS) is 20.6. The van der Waals surface area contributed by atoms with E-state index >= 15 is 0 Å². The van der Waals surface area contributed by atoms with Gasteiger partial charge in [-0.3, -0.25) is 0 Å². The first kappa shape index (κ1) is 30.6. The molecule has 220 valence electrons. The molecule has 2 aromatic rings. The summed E-state index contributed by atoms with van der Waals surface area (Å²) < 4.78 is 5.65. The van der Waals surface area contributed by atoms with Gasteiger partial charge >= 0.3 is 6.09 Å². The number of anilines is 1. The summed E-state index contributed by atoms with van der Waals surface area (Å²) in [4.78, 5) is 20.0. The fraction of sp³-hybridized carbons (Fsp3) is 0.457.